The van der Waals surface area contributed by atoms with Crippen LogP contribution >= 0.6 is 23.1 Å². The van der Waals surface area contributed by atoms with E-state index in [1.54, 1.807) is 11.3 Å². The fourth-order valence-corrected chi connectivity index (χ4v) is 4.83. The summed E-state index contributed by atoms with van der Waals surface area (Å²) in [5, 5.41) is 0. The lowest BCUT2D eigenvalue weighted by Gasteiger charge is -2.27. The first-order chi connectivity index (χ1) is 9.71. The largest absolute Gasteiger partial charge is 0.230 e. The number of aromatic nitrogens is 1. The third-order valence-corrected chi connectivity index (χ3v) is 6.22. The Balaban J connectivity index is 1.95. The van der Waals surface area contributed by atoms with Gasteiger partial charge < -0.3 is 0 Å². The molecule has 3 rings (SSSR count). The van der Waals surface area contributed by atoms with Gasteiger partial charge in [0.05, 0.1) is 10.2 Å². The number of hydrogen-bond acceptors (Lipinski definition) is 3. The van der Waals surface area contributed by atoms with Gasteiger partial charge in [-0.3, -0.25) is 0 Å². The summed E-state index contributed by atoms with van der Waals surface area (Å²) >= 11 is 3.66. The monoisotopic (exact) mass is 299 g/mol. The molecule has 102 valence electrons. The third-order valence-electron chi connectivity index (χ3n) is 3.65. The lowest BCUT2D eigenvalue weighted by molar-refractivity contribution is 0.664. The van der Waals surface area contributed by atoms with E-state index in [1.807, 2.05) is 17.8 Å². The third kappa shape index (κ3) is 2.60. The number of benzene rings is 2. The normalized spacial score (nSPS) is 14.3. The average molecular weight is 299 g/mol. The maximum atomic E-state index is 4.75. The minimum Gasteiger partial charge on any atom is -0.230 e. The summed E-state index contributed by atoms with van der Waals surface area (Å²) in [5.74, 6) is 0. The van der Waals surface area contributed by atoms with Crippen LogP contribution in [-0.4, -0.2) is 4.98 Å². The van der Waals surface area contributed by atoms with Crippen LogP contribution in [0.2, 0.25) is 0 Å². The molecule has 0 fully saturated rings. The molecule has 0 amide bonds. The molecule has 3 heteroatoms. The number of para-hydroxylation sites is 1. The van der Waals surface area contributed by atoms with Crippen molar-refractivity contribution in [3.63, 3.8) is 0 Å². The Morgan fingerprint density at radius 1 is 1.05 bits per heavy atom. The number of thiazole rings is 1. The maximum absolute atomic E-state index is 4.75. The molecule has 0 spiro atoms. The van der Waals surface area contributed by atoms with Crippen molar-refractivity contribution in [2.45, 2.75) is 29.4 Å². The lowest BCUT2D eigenvalue weighted by atomic mass is 9.98. The summed E-state index contributed by atoms with van der Waals surface area (Å²) in [7, 11) is 0. The summed E-state index contributed by atoms with van der Waals surface area (Å²) in [5.41, 5.74) is 2.47. The highest BCUT2D eigenvalue weighted by Gasteiger charge is 2.27. The molecule has 0 N–H and O–H groups in total. The SMILES string of the molecule is CC[C@@](C)(Sc1nc2ccccc2s1)c1ccccc1. The van der Waals surface area contributed by atoms with Crippen LogP contribution < -0.4 is 0 Å². The zero-order valence-electron chi connectivity index (χ0n) is 11.7. The molecule has 0 unspecified atom stereocenters. The summed E-state index contributed by atoms with van der Waals surface area (Å²) in [4.78, 5) is 4.75. The predicted octanol–water partition coefficient (Wildman–Crippen LogP) is 5.71. The van der Waals surface area contributed by atoms with E-state index in [-0.39, 0.29) is 4.75 Å². The van der Waals surface area contributed by atoms with Crippen molar-refractivity contribution in [3.05, 3.63) is 60.2 Å². The summed E-state index contributed by atoms with van der Waals surface area (Å²) in [6.07, 6.45) is 1.08. The van der Waals surface area contributed by atoms with E-state index in [2.05, 4.69) is 62.4 Å². The molecule has 0 aliphatic carbocycles. The predicted molar refractivity (Wildman–Crippen MR) is 89.6 cm³/mol. The Kier molecular flexibility index (Phi) is 3.81. The Labute approximate surface area is 128 Å². The first-order valence-electron chi connectivity index (χ1n) is 6.81. The first-order valence-corrected chi connectivity index (χ1v) is 8.45. The molecule has 0 aliphatic rings. The number of fused-ring (bicyclic) bond motifs is 1. The second-order valence-corrected chi connectivity index (χ2v) is 7.78. The molecular weight excluding hydrogens is 282 g/mol. The van der Waals surface area contributed by atoms with Crippen molar-refractivity contribution >= 4 is 33.3 Å². The molecule has 1 nitrogen and oxygen atoms in total. The number of hydrogen-bond donors (Lipinski definition) is 0. The van der Waals surface area contributed by atoms with Crippen LogP contribution in [0.15, 0.2) is 58.9 Å². The first kappa shape index (κ1) is 13.7. The van der Waals surface area contributed by atoms with Crippen LogP contribution in [0.4, 0.5) is 0 Å². The van der Waals surface area contributed by atoms with Crippen LogP contribution in [-0.2, 0) is 4.75 Å². The van der Waals surface area contributed by atoms with E-state index < -0.39 is 0 Å². The molecular formula is C17H17NS2. The Bertz CT molecular complexity index is 672. The van der Waals surface area contributed by atoms with Crippen LogP contribution in [0.3, 0.4) is 0 Å². The van der Waals surface area contributed by atoms with Crippen molar-refractivity contribution in [1.82, 2.24) is 4.98 Å². The summed E-state index contributed by atoms with van der Waals surface area (Å²) in [6, 6.07) is 19.1. The van der Waals surface area contributed by atoms with Gasteiger partial charge in [0.15, 0.2) is 4.34 Å². The second-order valence-electron chi connectivity index (χ2n) is 5.00. The molecule has 2 aromatic carbocycles. The molecule has 3 aromatic rings. The van der Waals surface area contributed by atoms with Crippen LogP contribution in [0.5, 0.6) is 0 Å². The smallest absolute Gasteiger partial charge is 0.151 e. The quantitative estimate of drug-likeness (QED) is 0.572. The van der Waals surface area contributed by atoms with Crippen LogP contribution in [0, 0.1) is 0 Å². The Morgan fingerprint density at radius 2 is 1.75 bits per heavy atom. The van der Waals surface area contributed by atoms with Crippen molar-refractivity contribution in [1.29, 1.82) is 0 Å². The molecule has 0 saturated heterocycles. The van der Waals surface area contributed by atoms with E-state index in [0.717, 1.165) is 16.3 Å². The van der Waals surface area contributed by atoms with Gasteiger partial charge in [0.2, 0.25) is 0 Å². The highest BCUT2D eigenvalue weighted by molar-refractivity contribution is 8.02. The molecule has 0 aliphatic heterocycles. The van der Waals surface area contributed by atoms with Gasteiger partial charge in [-0.25, -0.2) is 4.98 Å². The topological polar surface area (TPSA) is 12.9 Å². The minimum atomic E-state index is 0.0785. The number of thioether (sulfide) groups is 1. The maximum Gasteiger partial charge on any atom is 0.151 e. The number of nitrogens with zero attached hydrogens (tertiary/aromatic N) is 1. The van der Waals surface area contributed by atoms with E-state index >= 15 is 0 Å². The van der Waals surface area contributed by atoms with E-state index in [0.29, 0.717) is 0 Å². The Morgan fingerprint density at radius 3 is 2.45 bits per heavy atom. The second kappa shape index (κ2) is 5.58. The van der Waals surface area contributed by atoms with Gasteiger partial charge in [0, 0.05) is 4.75 Å². The fourth-order valence-electron chi connectivity index (χ4n) is 2.21. The fraction of sp³-hybridized carbons (Fsp3) is 0.235. The summed E-state index contributed by atoms with van der Waals surface area (Å²) in [6.45, 7) is 4.55. The van der Waals surface area contributed by atoms with Gasteiger partial charge in [0.25, 0.3) is 0 Å². The zero-order valence-corrected chi connectivity index (χ0v) is 13.3. The van der Waals surface area contributed by atoms with Gasteiger partial charge >= 0.3 is 0 Å². The standard InChI is InChI=1S/C17H17NS2/c1-3-17(2,13-9-5-4-6-10-13)20-16-18-14-11-7-8-12-15(14)19-16/h4-12H,3H2,1-2H3/t17-/m1/s1. The van der Waals surface area contributed by atoms with Gasteiger partial charge in [0.1, 0.15) is 0 Å². The van der Waals surface area contributed by atoms with Crippen LogP contribution in [0.1, 0.15) is 25.8 Å². The zero-order chi connectivity index (χ0) is 14.0. The summed E-state index contributed by atoms with van der Waals surface area (Å²) < 4.78 is 2.50. The molecule has 0 saturated carbocycles. The van der Waals surface area contributed by atoms with Crippen molar-refractivity contribution in [2.75, 3.05) is 0 Å². The molecule has 1 aromatic heterocycles. The van der Waals surface area contributed by atoms with Gasteiger partial charge in [-0.15, -0.1) is 11.3 Å². The van der Waals surface area contributed by atoms with Crippen LogP contribution in [0.25, 0.3) is 10.2 Å². The highest BCUT2D eigenvalue weighted by Crippen LogP contribution is 2.45. The van der Waals surface area contributed by atoms with Crippen molar-refractivity contribution in [2.24, 2.45) is 0 Å². The molecule has 1 heterocycles. The average Bonchev–Trinajstić information content (AvgIpc) is 2.90. The van der Waals surface area contributed by atoms with Gasteiger partial charge in [-0.2, -0.15) is 0 Å². The van der Waals surface area contributed by atoms with E-state index in [1.165, 1.54) is 10.3 Å². The van der Waals surface area contributed by atoms with E-state index in [4.69, 9.17) is 4.98 Å². The highest BCUT2D eigenvalue weighted by atomic mass is 32.2. The van der Waals surface area contributed by atoms with Gasteiger partial charge in [-0.1, -0.05) is 61.2 Å². The van der Waals surface area contributed by atoms with Crippen molar-refractivity contribution < 1.29 is 0 Å². The molecule has 0 bridgehead atoms. The minimum absolute atomic E-state index is 0.0785. The molecule has 0 radical (unpaired) electrons. The molecule has 20 heavy (non-hydrogen) atoms. The van der Waals surface area contributed by atoms with Gasteiger partial charge in [-0.05, 0) is 31.0 Å². The van der Waals surface area contributed by atoms with Crippen molar-refractivity contribution in [3.8, 4) is 0 Å². The number of rotatable bonds is 4. The Hall–Kier alpha value is -1.32. The lowest BCUT2D eigenvalue weighted by Crippen LogP contribution is -2.15. The van der Waals surface area contributed by atoms with E-state index in [9.17, 15) is 0 Å². The molecule has 1 atom stereocenters.